The second kappa shape index (κ2) is 14.8. The predicted octanol–water partition coefficient (Wildman–Crippen LogP) is 15.0. The molecule has 0 saturated heterocycles. The third-order valence-corrected chi connectivity index (χ3v) is 22.0. The van der Waals surface area contributed by atoms with Gasteiger partial charge in [0.2, 0.25) is 0 Å². The number of hydrogen-bond donors (Lipinski definition) is 0. The summed E-state index contributed by atoms with van der Waals surface area (Å²) in [4.78, 5) is 5.07. The van der Waals surface area contributed by atoms with Crippen LogP contribution in [0.5, 0.6) is 0 Å². The minimum atomic E-state index is -1.97. The van der Waals surface area contributed by atoms with Gasteiger partial charge in [0, 0.05) is 34.1 Å². The molecule has 0 radical (unpaired) electrons. The molecule has 0 saturated carbocycles. The summed E-state index contributed by atoms with van der Waals surface area (Å²) in [6.07, 6.45) is 0. The molecule has 10 aromatic rings. The molecular weight excluding hydrogens is 829 g/mol. The topological polar surface area (TPSA) is 6.48 Å². The van der Waals surface area contributed by atoms with Crippen LogP contribution in [0.2, 0.25) is 26.2 Å². The lowest BCUT2D eigenvalue weighted by Gasteiger charge is -2.41. The molecule has 2 aliphatic heterocycles. The summed E-state index contributed by atoms with van der Waals surface area (Å²) in [5.41, 5.74) is 13.8. The van der Waals surface area contributed by atoms with E-state index in [0.29, 0.717) is 0 Å². The van der Waals surface area contributed by atoms with E-state index in [2.05, 4.69) is 257 Å². The quantitative estimate of drug-likeness (QED) is 0.128. The molecule has 0 fully saturated rings. The van der Waals surface area contributed by atoms with Crippen molar-refractivity contribution in [2.24, 2.45) is 0 Å². The third-order valence-electron chi connectivity index (χ3n) is 15.0. The van der Waals surface area contributed by atoms with Crippen LogP contribution in [0, 0.1) is 0 Å². The molecular formula is C62H54N2Si2. The predicted molar refractivity (Wildman–Crippen MR) is 291 cm³/mol. The molecule has 0 atom stereocenters. The van der Waals surface area contributed by atoms with E-state index in [1.165, 1.54) is 115 Å². The Labute approximate surface area is 391 Å². The number of para-hydroxylation sites is 4. The Balaban J connectivity index is 1.19. The molecule has 0 bridgehead atoms. The Bertz CT molecular complexity index is 3500. The van der Waals surface area contributed by atoms with Crippen LogP contribution >= 0.6 is 0 Å². The van der Waals surface area contributed by atoms with Crippen LogP contribution in [-0.4, -0.2) is 16.1 Å². The summed E-state index contributed by atoms with van der Waals surface area (Å²) >= 11 is 0. The third kappa shape index (κ3) is 6.12. The second-order valence-corrected chi connectivity index (χ2v) is 29.2. The second-order valence-electron chi connectivity index (χ2n) is 20.6. The zero-order chi connectivity index (χ0) is 45.1. The zero-order valence-electron chi connectivity index (χ0n) is 38.9. The Kier molecular flexibility index (Phi) is 9.06. The molecule has 4 heteroatoms. The fourth-order valence-electron chi connectivity index (χ4n) is 11.5. The van der Waals surface area contributed by atoms with E-state index in [-0.39, 0.29) is 5.41 Å². The van der Waals surface area contributed by atoms with Gasteiger partial charge in [-0.2, -0.15) is 0 Å². The van der Waals surface area contributed by atoms with Crippen LogP contribution in [-0.2, 0) is 5.41 Å². The van der Waals surface area contributed by atoms with Gasteiger partial charge < -0.3 is 9.80 Å². The van der Waals surface area contributed by atoms with Crippen molar-refractivity contribution in [3.8, 4) is 22.3 Å². The normalized spacial score (nSPS) is 14.8. The van der Waals surface area contributed by atoms with Crippen LogP contribution < -0.4 is 30.5 Å². The van der Waals surface area contributed by atoms with Crippen molar-refractivity contribution in [3.05, 3.63) is 206 Å². The lowest BCUT2D eigenvalue weighted by atomic mass is 9.83. The van der Waals surface area contributed by atoms with Crippen molar-refractivity contribution < 1.29 is 0 Å². The maximum absolute atomic E-state index is 2.54. The number of hydrogen-bond acceptors (Lipinski definition) is 2. The van der Waals surface area contributed by atoms with E-state index < -0.39 is 16.1 Å². The largest absolute Gasteiger partial charge is 0.311 e. The maximum atomic E-state index is 2.54. The van der Waals surface area contributed by atoms with Gasteiger partial charge in [-0.25, -0.2) is 0 Å². The van der Waals surface area contributed by atoms with Crippen molar-refractivity contribution >= 4 is 103 Å². The summed E-state index contributed by atoms with van der Waals surface area (Å²) in [6, 6.07) is 76.4. The molecule has 0 spiro atoms. The van der Waals surface area contributed by atoms with E-state index in [1.807, 2.05) is 0 Å². The van der Waals surface area contributed by atoms with E-state index in [0.717, 1.165) is 0 Å². The highest BCUT2D eigenvalue weighted by Crippen LogP contribution is 2.49. The van der Waals surface area contributed by atoms with Crippen LogP contribution in [0.15, 0.2) is 200 Å². The number of nitrogens with zero attached hydrogens (tertiary/aromatic N) is 2. The highest BCUT2D eigenvalue weighted by molar-refractivity contribution is 7.03. The van der Waals surface area contributed by atoms with Crippen LogP contribution in [0.4, 0.5) is 34.1 Å². The number of benzene rings is 10. The number of anilines is 6. The van der Waals surface area contributed by atoms with E-state index in [4.69, 9.17) is 0 Å². The van der Waals surface area contributed by atoms with Gasteiger partial charge in [-0.05, 0) is 141 Å². The van der Waals surface area contributed by atoms with Crippen molar-refractivity contribution in [2.45, 2.75) is 52.4 Å². The number of fused-ring (bicyclic) bond motifs is 7. The van der Waals surface area contributed by atoms with E-state index in [9.17, 15) is 0 Å². The SMILES string of the molecule is CC(C)(C)c1ccc(-c2c3ccc(N4c5ccccc5[Si](C)(C)c5ccccc54)cc3c(-c3ccc4ccccc4c3)c3ccc(N4c5ccccc5[Si](C)(C)c5ccccc54)cc23)cc1. The van der Waals surface area contributed by atoms with Gasteiger partial charge in [0.1, 0.15) is 16.1 Å². The molecule has 320 valence electrons. The summed E-state index contributed by atoms with van der Waals surface area (Å²) < 4.78 is 0. The fraction of sp³-hybridized carbons (Fsp3) is 0.129. The smallest absolute Gasteiger partial charge is 0.117 e. The van der Waals surface area contributed by atoms with Gasteiger partial charge in [0.05, 0.1) is 0 Å². The highest BCUT2D eigenvalue weighted by atomic mass is 28.3. The summed E-state index contributed by atoms with van der Waals surface area (Å²) in [6.45, 7) is 16.9. The molecule has 2 nitrogen and oxygen atoms in total. The summed E-state index contributed by atoms with van der Waals surface area (Å²) in [7, 11) is -3.95. The average molecular weight is 883 g/mol. The molecule has 66 heavy (non-hydrogen) atoms. The molecule has 0 amide bonds. The van der Waals surface area contributed by atoms with Crippen LogP contribution in [0.3, 0.4) is 0 Å². The Morgan fingerprint density at radius 2 is 0.712 bits per heavy atom. The Morgan fingerprint density at radius 1 is 0.333 bits per heavy atom. The fourth-order valence-corrected chi connectivity index (χ4v) is 17.5. The first-order chi connectivity index (χ1) is 31.9. The first-order valence-corrected chi connectivity index (χ1v) is 29.5. The lowest BCUT2D eigenvalue weighted by Crippen LogP contribution is -2.58. The minimum absolute atomic E-state index is 0.0370. The molecule has 0 aliphatic carbocycles. The zero-order valence-corrected chi connectivity index (χ0v) is 40.9. The van der Waals surface area contributed by atoms with Crippen LogP contribution in [0.25, 0.3) is 54.6 Å². The van der Waals surface area contributed by atoms with Gasteiger partial charge in [0.15, 0.2) is 0 Å². The highest BCUT2D eigenvalue weighted by Gasteiger charge is 2.40. The standard InChI is InChI=1S/C62H54N2Si2/c1-62(2,3)45-32-30-42(31-33-45)60-48-36-34-47(64-54-22-12-16-26-58(54)66(6,7)59-27-17-13-23-55(59)64)40-51(48)61(44-29-28-41-18-8-9-19-43(41)38-44)49-37-35-46(39-50(49)60)63-52-20-10-14-24-56(52)65(4,5)57-25-15-11-21-53(57)63/h8-40H,1-7H3. The molecule has 0 unspecified atom stereocenters. The van der Waals surface area contributed by atoms with Gasteiger partial charge in [-0.1, -0.05) is 193 Å². The van der Waals surface area contributed by atoms with Gasteiger partial charge >= 0.3 is 0 Å². The van der Waals surface area contributed by atoms with Gasteiger partial charge in [-0.15, -0.1) is 0 Å². The average Bonchev–Trinajstić information content (AvgIpc) is 3.33. The van der Waals surface area contributed by atoms with Gasteiger partial charge in [0.25, 0.3) is 0 Å². The first kappa shape index (κ1) is 40.5. The lowest BCUT2D eigenvalue weighted by molar-refractivity contribution is 0.590. The van der Waals surface area contributed by atoms with Crippen molar-refractivity contribution in [3.63, 3.8) is 0 Å². The van der Waals surface area contributed by atoms with Crippen molar-refractivity contribution in [1.29, 1.82) is 0 Å². The number of rotatable bonds is 4. The molecule has 0 aromatic heterocycles. The monoisotopic (exact) mass is 882 g/mol. The molecule has 2 heterocycles. The first-order valence-electron chi connectivity index (χ1n) is 23.5. The van der Waals surface area contributed by atoms with Crippen molar-refractivity contribution in [2.75, 3.05) is 9.80 Å². The summed E-state index contributed by atoms with van der Waals surface area (Å²) in [5.74, 6) is 0. The molecule has 12 rings (SSSR count). The van der Waals surface area contributed by atoms with Gasteiger partial charge in [-0.3, -0.25) is 0 Å². The molecule has 10 aromatic carbocycles. The van der Waals surface area contributed by atoms with Crippen molar-refractivity contribution in [1.82, 2.24) is 0 Å². The Morgan fingerprint density at radius 3 is 1.15 bits per heavy atom. The van der Waals surface area contributed by atoms with Crippen LogP contribution in [0.1, 0.15) is 26.3 Å². The summed E-state index contributed by atoms with van der Waals surface area (Å²) in [5, 5.41) is 13.3. The molecule has 2 aliphatic rings. The minimum Gasteiger partial charge on any atom is -0.311 e. The molecule has 0 N–H and O–H groups in total. The van der Waals surface area contributed by atoms with E-state index >= 15 is 0 Å². The van der Waals surface area contributed by atoms with E-state index in [1.54, 1.807) is 0 Å². The Hall–Kier alpha value is -6.99. The maximum Gasteiger partial charge on any atom is 0.117 e.